The molecule has 17 heavy (non-hydrogen) atoms. The van der Waals surface area contributed by atoms with E-state index in [0.29, 0.717) is 5.56 Å². The fraction of sp³-hybridized carbons (Fsp3) is 0.462. The summed E-state index contributed by atoms with van der Waals surface area (Å²) in [6, 6.07) is 3.50. The molecule has 0 radical (unpaired) electrons. The number of ether oxygens (including phenoxy) is 1. The van der Waals surface area contributed by atoms with E-state index in [1.54, 1.807) is 23.9 Å². The van der Waals surface area contributed by atoms with Gasteiger partial charge < -0.3 is 4.74 Å². The van der Waals surface area contributed by atoms with E-state index in [-0.39, 0.29) is 5.97 Å². The number of thioether (sulfide) groups is 1. The zero-order chi connectivity index (χ0) is 12.4. The number of esters is 1. The van der Waals surface area contributed by atoms with Crippen molar-refractivity contribution in [3.05, 3.63) is 28.3 Å². The Bertz CT molecular complexity index is 441. The SMILES string of the molecule is COC(=O)c1ccc(Cl)c(SCC2CC2)c1C. The van der Waals surface area contributed by atoms with Crippen LogP contribution < -0.4 is 0 Å². The monoisotopic (exact) mass is 270 g/mol. The Hall–Kier alpha value is -0.670. The highest BCUT2D eigenvalue weighted by Crippen LogP contribution is 2.39. The van der Waals surface area contributed by atoms with Crippen molar-refractivity contribution in [2.45, 2.75) is 24.7 Å². The summed E-state index contributed by atoms with van der Waals surface area (Å²) in [5.41, 5.74) is 1.53. The fourth-order valence-electron chi connectivity index (χ4n) is 1.65. The van der Waals surface area contributed by atoms with Gasteiger partial charge in [-0.2, -0.15) is 0 Å². The molecular formula is C13H15ClO2S. The molecule has 1 aliphatic carbocycles. The summed E-state index contributed by atoms with van der Waals surface area (Å²) in [5.74, 6) is 1.62. The largest absolute Gasteiger partial charge is 0.465 e. The summed E-state index contributed by atoms with van der Waals surface area (Å²) in [7, 11) is 1.40. The second kappa shape index (κ2) is 5.32. The van der Waals surface area contributed by atoms with E-state index in [1.165, 1.54) is 20.0 Å². The predicted molar refractivity (Wildman–Crippen MR) is 71.0 cm³/mol. The van der Waals surface area contributed by atoms with Crippen molar-refractivity contribution in [1.29, 1.82) is 0 Å². The van der Waals surface area contributed by atoms with Gasteiger partial charge >= 0.3 is 5.97 Å². The van der Waals surface area contributed by atoms with Gasteiger partial charge in [-0.3, -0.25) is 0 Å². The smallest absolute Gasteiger partial charge is 0.338 e. The summed E-state index contributed by atoms with van der Waals surface area (Å²) in [5, 5.41) is 0.723. The first-order chi connectivity index (χ1) is 8.13. The molecular weight excluding hydrogens is 256 g/mol. The maximum absolute atomic E-state index is 11.6. The molecule has 0 spiro atoms. The Morgan fingerprint density at radius 3 is 2.82 bits per heavy atom. The first-order valence-electron chi connectivity index (χ1n) is 5.63. The number of benzene rings is 1. The molecule has 0 saturated heterocycles. The maximum atomic E-state index is 11.6. The van der Waals surface area contributed by atoms with Gasteiger partial charge in [0.1, 0.15) is 0 Å². The highest BCUT2D eigenvalue weighted by Gasteiger charge is 2.23. The van der Waals surface area contributed by atoms with Gasteiger partial charge in [-0.1, -0.05) is 11.6 Å². The molecule has 0 aromatic heterocycles. The Labute approximate surface area is 111 Å². The van der Waals surface area contributed by atoms with Crippen LogP contribution in [0, 0.1) is 12.8 Å². The predicted octanol–water partition coefficient (Wildman–Crippen LogP) is 3.94. The van der Waals surface area contributed by atoms with Crippen molar-refractivity contribution in [3.63, 3.8) is 0 Å². The van der Waals surface area contributed by atoms with Crippen molar-refractivity contribution >= 4 is 29.3 Å². The van der Waals surface area contributed by atoms with E-state index in [0.717, 1.165) is 27.2 Å². The van der Waals surface area contributed by atoms with Gasteiger partial charge in [0.2, 0.25) is 0 Å². The van der Waals surface area contributed by atoms with Gasteiger partial charge in [0, 0.05) is 10.6 Å². The lowest BCUT2D eigenvalue weighted by molar-refractivity contribution is 0.0599. The van der Waals surface area contributed by atoms with Crippen LogP contribution in [0.3, 0.4) is 0 Å². The number of methoxy groups -OCH3 is 1. The number of rotatable bonds is 4. The molecule has 0 amide bonds. The lowest BCUT2D eigenvalue weighted by Crippen LogP contribution is -2.04. The molecule has 1 saturated carbocycles. The van der Waals surface area contributed by atoms with Crippen LogP contribution in [0.1, 0.15) is 28.8 Å². The molecule has 1 aliphatic rings. The lowest BCUT2D eigenvalue weighted by Gasteiger charge is -2.11. The Kier molecular flexibility index (Phi) is 4.00. The summed E-state index contributed by atoms with van der Waals surface area (Å²) >= 11 is 7.93. The van der Waals surface area contributed by atoms with E-state index in [2.05, 4.69) is 0 Å². The minimum atomic E-state index is -0.299. The fourth-order valence-corrected chi connectivity index (χ4v) is 3.29. The topological polar surface area (TPSA) is 26.3 Å². The van der Waals surface area contributed by atoms with Gasteiger partial charge in [-0.05, 0) is 43.4 Å². The third kappa shape index (κ3) is 2.96. The quantitative estimate of drug-likeness (QED) is 0.612. The molecule has 1 aromatic carbocycles. The van der Waals surface area contributed by atoms with Crippen molar-refractivity contribution in [3.8, 4) is 0 Å². The summed E-state index contributed by atoms with van der Waals surface area (Å²) < 4.78 is 4.76. The van der Waals surface area contributed by atoms with E-state index in [1.807, 2.05) is 6.92 Å². The molecule has 0 N–H and O–H groups in total. The summed E-state index contributed by atoms with van der Waals surface area (Å²) in [6.45, 7) is 1.92. The highest BCUT2D eigenvalue weighted by molar-refractivity contribution is 7.99. The summed E-state index contributed by atoms with van der Waals surface area (Å²) in [4.78, 5) is 12.6. The molecule has 0 aliphatic heterocycles. The number of carbonyl (C=O) groups excluding carboxylic acids is 1. The zero-order valence-electron chi connectivity index (χ0n) is 9.96. The van der Waals surface area contributed by atoms with Gasteiger partial charge in [-0.15, -0.1) is 11.8 Å². The normalized spacial score (nSPS) is 14.8. The lowest BCUT2D eigenvalue weighted by atomic mass is 10.1. The van der Waals surface area contributed by atoms with Gasteiger partial charge in [-0.25, -0.2) is 4.79 Å². The van der Waals surface area contributed by atoms with E-state index in [9.17, 15) is 4.79 Å². The molecule has 2 nitrogen and oxygen atoms in total. The van der Waals surface area contributed by atoms with Crippen LogP contribution in [-0.4, -0.2) is 18.8 Å². The molecule has 0 heterocycles. The molecule has 0 atom stereocenters. The Morgan fingerprint density at radius 1 is 1.53 bits per heavy atom. The van der Waals surface area contributed by atoms with E-state index < -0.39 is 0 Å². The van der Waals surface area contributed by atoms with Crippen molar-refractivity contribution in [2.75, 3.05) is 12.9 Å². The van der Waals surface area contributed by atoms with Crippen molar-refractivity contribution in [2.24, 2.45) is 5.92 Å². The molecule has 1 fully saturated rings. The minimum absolute atomic E-state index is 0.299. The van der Waals surface area contributed by atoms with Gasteiger partial charge in [0.05, 0.1) is 17.7 Å². The number of hydrogen-bond acceptors (Lipinski definition) is 3. The van der Waals surface area contributed by atoms with E-state index >= 15 is 0 Å². The van der Waals surface area contributed by atoms with Crippen LogP contribution in [0.2, 0.25) is 5.02 Å². The van der Waals surface area contributed by atoms with Crippen molar-refractivity contribution in [1.82, 2.24) is 0 Å². The van der Waals surface area contributed by atoms with Gasteiger partial charge in [0.15, 0.2) is 0 Å². The standard InChI is InChI=1S/C13H15ClO2S/c1-8-10(13(15)16-2)5-6-11(14)12(8)17-7-9-3-4-9/h5-6,9H,3-4,7H2,1-2H3. The van der Waals surface area contributed by atoms with Crippen LogP contribution in [0.5, 0.6) is 0 Å². The van der Waals surface area contributed by atoms with Crippen LogP contribution >= 0.6 is 23.4 Å². The molecule has 1 aromatic rings. The van der Waals surface area contributed by atoms with Crippen LogP contribution in [-0.2, 0) is 4.74 Å². The van der Waals surface area contributed by atoms with E-state index in [4.69, 9.17) is 16.3 Å². The average Bonchev–Trinajstić information content (AvgIpc) is 3.12. The minimum Gasteiger partial charge on any atom is -0.465 e. The highest BCUT2D eigenvalue weighted by atomic mass is 35.5. The first-order valence-corrected chi connectivity index (χ1v) is 7.00. The third-order valence-corrected chi connectivity index (χ3v) is 4.80. The van der Waals surface area contributed by atoms with Crippen LogP contribution in [0.15, 0.2) is 17.0 Å². The second-order valence-corrected chi connectivity index (χ2v) is 5.73. The Morgan fingerprint density at radius 2 is 2.24 bits per heavy atom. The molecule has 4 heteroatoms. The van der Waals surface area contributed by atoms with Crippen LogP contribution in [0.4, 0.5) is 0 Å². The number of carbonyl (C=O) groups is 1. The average molecular weight is 271 g/mol. The zero-order valence-corrected chi connectivity index (χ0v) is 11.5. The number of hydrogen-bond donors (Lipinski definition) is 0. The first kappa shape index (κ1) is 12.8. The second-order valence-electron chi connectivity index (χ2n) is 4.30. The van der Waals surface area contributed by atoms with Gasteiger partial charge in [0.25, 0.3) is 0 Å². The molecule has 2 rings (SSSR count). The van der Waals surface area contributed by atoms with Crippen molar-refractivity contribution < 1.29 is 9.53 Å². The third-order valence-electron chi connectivity index (χ3n) is 2.92. The maximum Gasteiger partial charge on any atom is 0.338 e. The molecule has 0 bridgehead atoms. The van der Waals surface area contributed by atoms with Crippen LogP contribution in [0.25, 0.3) is 0 Å². The molecule has 92 valence electrons. The molecule has 0 unspecified atom stereocenters. The number of halogens is 1. The Balaban J connectivity index is 2.24. The summed E-state index contributed by atoms with van der Waals surface area (Å²) in [6.07, 6.45) is 2.64.